The molecule has 9 nitrogen and oxygen atoms in total. The lowest BCUT2D eigenvalue weighted by Crippen LogP contribution is -2.39. The van der Waals surface area contributed by atoms with Crippen LogP contribution in [0.3, 0.4) is 0 Å². The van der Waals surface area contributed by atoms with Crippen LogP contribution in [0.15, 0.2) is 44.7 Å². The van der Waals surface area contributed by atoms with Crippen molar-refractivity contribution in [3.63, 3.8) is 0 Å². The summed E-state index contributed by atoms with van der Waals surface area (Å²) in [5.41, 5.74) is -0.732. The molecule has 124 valence electrons. The van der Waals surface area contributed by atoms with Gasteiger partial charge in [-0.25, -0.2) is 9.59 Å². The Morgan fingerprint density at radius 3 is 2.42 bits per heavy atom. The van der Waals surface area contributed by atoms with E-state index in [1.807, 2.05) is 0 Å². The molecule has 0 amide bonds. The molecule has 0 aliphatic rings. The van der Waals surface area contributed by atoms with Crippen molar-refractivity contribution >= 4 is 11.6 Å². The first-order valence-corrected chi connectivity index (χ1v) is 7.31. The first kappa shape index (κ1) is 15.9. The van der Waals surface area contributed by atoms with E-state index in [1.165, 1.54) is 24.7 Å². The van der Waals surface area contributed by atoms with E-state index in [2.05, 4.69) is 10.4 Å². The standard InChI is InChI=1S/C14H13ClN6O3/c1-18-9(7-12(22)19(2)13(18)23)8-20-14(24)21(17-16-20)11-6-4-3-5-10(11)15/h3-7H,8H2,1-2H3. The maximum Gasteiger partial charge on any atom is 0.368 e. The molecule has 3 aromatic rings. The SMILES string of the molecule is Cn1c(Cn2nnn(-c3ccccc3Cl)c2=O)cc(=O)n(C)c1=O. The number of hydrogen-bond acceptors (Lipinski definition) is 5. The van der Waals surface area contributed by atoms with Gasteiger partial charge in [-0.1, -0.05) is 23.7 Å². The Bertz CT molecular complexity index is 1090. The highest BCUT2D eigenvalue weighted by Crippen LogP contribution is 2.16. The van der Waals surface area contributed by atoms with Crippen LogP contribution in [-0.2, 0) is 20.6 Å². The molecule has 0 N–H and O–H groups in total. The van der Waals surface area contributed by atoms with Crippen LogP contribution in [0.5, 0.6) is 0 Å². The van der Waals surface area contributed by atoms with E-state index >= 15 is 0 Å². The van der Waals surface area contributed by atoms with E-state index in [4.69, 9.17) is 11.6 Å². The number of hydrogen-bond donors (Lipinski definition) is 0. The molecule has 0 aliphatic carbocycles. The molecule has 0 fully saturated rings. The summed E-state index contributed by atoms with van der Waals surface area (Å²) in [4.78, 5) is 36.1. The summed E-state index contributed by atoms with van der Waals surface area (Å²) < 4.78 is 4.37. The average molecular weight is 349 g/mol. The third kappa shape index (κ3) is 2.58. The van der Waals surface area contributed by atoms with Crippen LogP contribution < -0.4 is 16.9 Å². The molecule has 0 aliphatic heterocycles. The monoisotopic (exact) mass is 348 g/mol. The Hall–Kier alpha value is -2.94. The fourth-order valence-electron chi connectivity index (χ4n) is 2.23. The second-order valence-electron chi connectivity index (χ2n) is 5.16. The Morgan fingerprint density at radius 2 is 1.71 bits per heavy atom. The summed E-state index contributed by atoms with van der Waals surface area (Å²) in [6, 6.07) is 8.00. The lowest BCUT2D eigenvalue weighted by Gasteiger charge is -2.08. The van der Waals surface area contributed by atoms with Crippen LogP contribution in [0.25, 0.3) is 5.69 Å². The number of benzene rings is 1. The zero-order valence-electron chi connectivity index (χ0n) is 12.9. The van der Waals surface area contributed by atoms with Gasteiger partial charge in [-0.15, -0.1) is 0 Å². The van der Waals surface area contributed by atoms with Crippen molar-refractivity contribution in [3.05, 3.63) is 72.4 Å². The van der Waals surface area contributed by atoms with Gasteiger partial charge in [0.05, 0.1) is 17.3 Å². The van der Waals surface area contributed by atoms with Gasteiger partial charge in [0.1, 0.15) is 0 Å². The minimum Gasteiger partial charge on any atom is -0.299 e. The molecule has 3 rings (SSSR count). The minimum absolute atomic E-state index is 0.0644. The van der Waals surface area contributed by atoms with E-state index in [0.29, 0.717) is 16.4 Å². The van der Waals surface area contributed by atoms with Crippen molar-refractivity contribution in [1.82, 2.24) is 28.9 Å². The predicted octanol–water partition coefficient (Wildman–Crippen LogP) is -0.472. The van der Waals surface area contributed by atoms with Crippen LogP contribution >= 0.6 is 11.6 Å². The molecule has 1 aromatic carbocycles. The Morgan fingerprint density at radius 1 is 1.00 bits per heavy atom. The summed E-state index contributed by atoms with van der Waals surface area (Å²) in [6.07, 6.45) is 0. The number of rotatable bonds is 3. The van der Waals surface area contributed by atoms with Crippen molar-refractivity contribution in [1.29, 1.82) is 0 Å². The third-order valence-electron chi connectivity index (χ3n) is 3.66. The zero-order chi connectivity index (χ0) is 17.4. The number of aromatic nitrogens is 6. The van der Waals surface area contributed by atoms with E-state index in [1.54, 1.807) is 24.3 Å². The fourth-order valence-corrected chi connectivity index (χ4v) is 2.45. The van der Waals surface area contributed by atoms with E-state index in [-0.39, 0.29) is 6.54 Å². The highest BCUT2D eigenvalue weighted by atomic mass is 35.5. The maximum atomic E-state index is 12.4. The fraction of sp³-hybridized carbons (Fsp3) is 0.214. The van der Waals surface area contributed by atoms with E-state index in [9.17, 15) is 14.4 Å². The zero-order valence-corrected chi connectivity index (χ0v) is 13.6. The number of tetrazole rings is 1. The number of halogens is 1. The van der Waals surface area contributed by atoms with Crippen molar-refractivity contribution in [3.8, 4) is 5.69 Å². The third-order valence-corrected chi connectivity index (χ3v) is 3.98. The van der Waals surface area contributed by atoms with Gasteiger partial charge in [-0.3, -0.25) is 13.9 Å². The quantitative estimate of drug-likeness (QED) is 0.637. The molecule has 0 atom stereocenters. The lowest BCUT2D eigenvalue weighted by atomic mass is 10.3. The van der Waals surface area contributed by atoms with Crippen LogP contribution in [-0.4, -0.2) is 28.9 Å². The van der Waals surface area contributed by atoms with Gasteiger partial charge in [0.25, 0.3) is 5.56 Å². The second-order valence-corrected chi connectivity index (χ2v) is 5.56. The van der Waals surface area contributed by atoms with Gasteiger partial charge in [0.15, 0.2) is 0 Å². The van der Waals surface area contributed by atoms with Crippen LogP contribution in [0.4, 0.5) is 0 Å². The molecule has 0 spiro atoms. The first-order chi connectivity index (χ1) is 11.4. The highest BCUT2D eigenvalue weighted by Gasteiger charge is 2.14. The van der Waals surface area contributed by atoms with Crippen LogP contribution in [0, 0.1) is 0 Å². The average Bonchev–Trinajstić information content (AvgIpc) is 2.92. The molecule has 24 heavy (non-hydrogen) atoms. The predicted molar refractivity (Wildman–Crippen MR) is 86.7 cm³/mol. The summed E-state index contributed by atoms with van der Waals surface area (Å²) >= 11 is 6.06. The van der Waals surface area contributed by atoms with Crippen LogP contribution in [0.2, 0.25) is 5.02 Å². The lowest BCUT2D eigenvalue weighted by molar-refractivity contribution is 0.572. The molecular weight excluding hydrogens is 336 g/mol. The van der Waals surface area contributed by atoms with Crippen molar-refractivity contribution < 1.29 is 0 Å². The minimum atomic E-state index is -0.531. The van der Waals surface area contributed by atoms with Gasteiger partial charge >= 0.3 is 11.4 Å². The van der Waals surface area contributed by atoms with Crippen molar-refractivity contribution in [2.45, 2.75) is 6.54 Å². The van der Waals surface area contributed by atoms with Gasteiger partial charge in [0.2, 0.25) is 0 Å². The normalized spacial score (nSPS) is 11.0. The molecule has 0 unspecified atom stereocenters. The summed E-state index contributed by atoms with van der Waals surface area (Å²) in [6.45, 7) is -0.0644. The van der Waals surface area contributed by atoms with Gasteiger partial charge in [-0.05, 0) is 22.6 Å². The molecule has 0 radical (unpaired) electrons. The Kier molecular flexibility index (Phi) is 3.94. The number of para-hydroxylation sites is 1. The number of nitrogens with zero attached hydrogens (tertiary/aromatic N) is 6. The first-order valence-electron chi connectivity index (χ1n) is 6.94. The molecule has 0 saturated heterocycles. The molecule has 0 bridgehead atoms. The molecule has 10 heteroatoms. The topological polar surface area (TPSA) is 96.7 Å². The van der Waals surface area contributed by atoms with Crippen molar-refractivity contribution in [2.24, 2.45) is 14.1 Å². The summed E-state index contributed by atoms with van der Waals surface area (Å²) in [7, 11) is 2.90. The van der Waals surface area contributed by atoms with Gasteiger partial charge < -0.3 is 0 Å². The van der Waals surface area contributed by atoms with Crippen molar-refractivity contribution in [2.75, 3.05) is 0 Å². The molecular formula is C14H13ClN6O3. The molecule has 2 heterocycles. The van der Waals surface area contributed by atoms with Gasteiger partial charge in [-0.2, -0.15) is 9.36 Å². The summed E-state index contributed by atoms with van der Waals surface area (Å²) in [5.74, 6) is 0. The van der Waals surface area contributed by atoms with Crippen LogP contribution in [0.1, 0.15) is 5.69 Å². The molecule has 0 saturated carbocycles. The van der Waals surface area contributed by atoms with E-state index < -0.39 is 16.9 Å². The second kappa shape index (κ2) is 5.93. The maximum absolute atomic E-state index is 12.4. The highest BCUT2D eigenvalue weighted by molar-refractivity contribution is 6.32. The smallest absolute Gasteiger partial charge is 0.299 e. The van der Waals surface area contributed by atoms with Gasteiger partial charge in [0, 0.05) is 25.9 Å². The molecule has 2 aromatic heterocycles. The Balaban J connectivity index is 2.06. The summed E-state index contributed by atoms with van der Waals surface area (Å²) in [5, 5.41) is 7.94. The largest absolute Gasteiger partial charge is 0.368 e. The van der Waals surface area contributed by atoms with E-state index in [0.717, 1.165) is 13.9 Å². The Labute approximate surface area is 139 Å².